The number of nitrogens with one attached hydrogen (secondary N) is 2. The average molecular weight is 526 g/mol. The summed E-state index contributed by atoms with van der Waals surface area (Å²) < 4.78 is 18.2. The Balaban J connectivity index is 1.84. The number of likely N-dealkylation sites (N-methyl/N-ethyl adjacent to an activating group) is 1. The zero-order valence-corrected chi connectivity index (χ0v) is 22.1. The Hall–Kier alpha value is -3.76. The minimum Gasteiger partial charge on any atom is -0.507 e. The highest BCUT2D eigenvalue weighted by Crippen LogP contribution is 2.47. The van der Waals surface area contributed by atoms with E-state index in [0.717, 1.165) is 11.6 Å². The van der Waals surface area contributed by atoms with E-state index >= 15 is 0 Å². The largest absolute Gasteiger partial charge is 0.507 e. The van der Waals surface area contributed by atoms with Crippen molar-refractivity contribution >= 4 is 16.9 Å². The van der Waals surface area contributed by atoms with Crippen LogP contribution >= 0.6 is 0 Å². The van der Waals surface area contributed by atoms with Crippen LogP contribution in [0.2, 0.25) is 0 Å². The first-order valence-electron chi connectivity index (χ1n) is 12.7. The number of nitrogens with two attached hydrogens (primary N) is 1. The summed E-state index contributed by atoms with van der Waals surface area (Å²) in [6.45, 7) is 8.45. The number of rotatable bonds is 8. The van der Waals surface area contributed by atoms with Gasteiger partial charge in [-0.2, -0.15) is 0 Å². The van der Waals surface area contributed by atoms with E-state index in [0.29, 0.717) is 54.3 Å². The van der Waals surface area contributed by atoms with E-state index < -0.39 is 29.7 Å². The highest BCUT2D eigenvalue weighted by Gasteiger charge is 2.43. The molecule has 0 aliphatic carbocycles. The maximum Gasteiger partial charge on any atom is 0.335 e. The van der Waals surface area contributed by atoms with E-state index in [1.807, 2.05) is 13.0 Å². The SMILES string of the molecule is C/C=C(/CNCC)C(=O)O[C@@H]1Cc2c(c(CC3=CCNC(N)=C3)c3oc(CO)cc(=O)c3c2O)OC1(C)C. The van der Waals surface area contributed by atoms with Gasteiger partial charge >= 0.3 is 5.97 Å². The second kappa shape index (κ2) is 10.9. The molecule has 204 valence electrons. The molecule has 0 unspecified atom stereocenters. The number of allylic oxidation sites excluding steroid dienone is 3. The summed E-state index contributed by atoms with van der Waals surface area (Å²) >= 11 is 0. The predicted molar refractivity (Wildman–Crippen MR) is 143 cm³/mol. The smallest absolute Gasteiger partial charge is 0.335 e. The molecule has 3 heterocycles. The molecule has 0 fully saturated rings. The number of aliphatic hydroxyl groups excluding tert-OH is 1. The Bertz CT molecular complexity index is 1400. The standard InChI is InChI=1S/C28H35N3O7/c1-5-16(13-30-6-2)27(35)37-21-12-18-24(34)23-20(33)11-17(14-32)36-26(23)19(25(18)38-28(21,3)4)9-15-7-8-31-22(29)10-15/h5,7,10-11,21,30-32,34H,6,8-9,12-14,29H2,1-4H3/b16-5-/t21-/m1/s1. The number of aromatic hydroxyl groups is 1. The number of carbonyl (C=O) groups excluding carboxylic acids is 1. The van der Waals surface area contributed by atoms with Crippen LogP contribution in [0.25, 0.3) is 11.0 Å². The van der Waals surface area contributed by atoms with Gasteiger partial charge < -0.3 is 40.5 Å². The quantitative estimate of drug-likeness (QED) is 0.255. The maximum absolute atomic E-state index is 13.0. The number of esters is 1. The van der Waals surface area contributed by atoms with E-state index in [2.05, 4.69) is 10.6 Å². The van der Waals surface area contributed by atoms with Crippen molar-refractivity contribution in [2.75, 3.05) is 19.6 Å². The molecule has 1 aromatic heterocycles. The molecule has 2 aliphatic heterocycles. The van der Waals surface area contributed by atoms with Crippen molar-refractivity contribution in [3.8, 4) is 11.5 Å². The summed E-state index contributed by atoms with van der Waals surface area (Å²) in [5.41, 5.74) is 6.88. The molecular formula is C28H35N3O7. The molecule has 4 rings (SSSR count). The van der Waals surface area contributed by atoms with Crippen LogP contribution < -0.4 is 26.5 Å². The van der Waals surface area contributed by atoms with Gasteiger partial charge in [0.05, 0.1) is 5.82 Å². The molecule has 6 N–H and O–H groups in total. The van der Waals surface area contributed by atoms with Crippen molar-refractivity contribution < 1.29 is 28.9 Å². The van der Waals surface area contributed by atoms with Crippen LogP contribution in [-0.4, -0.2) is 47.5 Å². The van der Waals surface area contributed by atoms with Crippen LogP contribution in [0.5, 0.6) is 11.5 Å². The lowest BCUT2D eigenvalue weighted by Crippen LogP contribution is -2.49. The van der Waals surface area contributed by atoms with E-state index in [4.69, 9.17) is 19.6 Å². The van der Waals surface area contributed by atoms with Crippen molar-refractivity contribution in [3.05, 3.63) is 68.4 Å². The van der Waals surface area contributed by atoms with Gasteiger partial charge in [0, 0.05) is 48.7 Å². The van der Waals surface area contributed by atoms with Crippen molar-refractivity contribution in [1.29, 1.82) is 0 Å². The molecule has 38 heavy (non-hydrogen) atoms. The minimum absolute atomic E-state index is 0.0166. The molecule has 0 saturated heterocycles. The topological polar surface area (TPSA) is 156 Å². The predicted octanol–water partition coefficient (Wildman–Crippen LogP) is 2.04. The number of carbonyl (C=O) groups is 1. The summed E-state index contributed by atoms with van der Waals surface area (Å²) in [4.78, 5) is 26.0. The average Bonchev–Trinajstić information content (AvgIpc) is 2.87. The summed E-state index contributed by atoms with van der Waals surface area (Å²) in [5.74, 6) is 0.158. The summed E-state index contributed by atoms with van der Waals surface area (Å²) in [6.07, 6.45) is 5.12. The minimum atomic E-state index is -0.971. The number of hydrogen-bond donors (Lipinski definition) is 5. The van der Waals surface area contributed by atoms with Crippen LogP contribution in [0.3, 0.4) is 0 Å². The van der Waals surface area contributed by atoms with Gasteiger partial charge in [-0.1, -0.05) is 19.1 Å². The van der Waals surface area contributed by atoms with Crippen LogP contribution in [0.1, 0.15) is 44.6 Å². The van der Waals surface area contributed by atoms with Gasteiger partial charge in [0.25, 0.3) is 0 Å². The third-order valence-electron chi connectivity index (χ3n) is 6.85. The molecule has 0 amide bonds. The molecule has 2 aromatic rings. The number of benzene rings is 1. The number of hydrogen-bond acceptors (Lipinski definition) is 10. The van der Waals surface area contributed by atoms with Gasteiger partial charge in [-0.3, -0.25) is 4.79 Å². The molecule has 1 atom stereocenters. The monoisotopic (exact) mass is 525 g/mol. The summed E-state index contributed by atoms with van der Waals surface area (Å²) in [7, 11) is 0. The number of ether oxygens (including phenoxy) is 2. The van der Waals surface area contributed by atoms with Crippen molar-refractivity contribution in [3.63, 3.8) is 0 Å². The molecule has 0 bridgehead atoms. The lowest BCUT2D eigenvalue weighted by atomic mass is 9.86. The molecular weight excluding hydrogens is 490 g/mol. The van der Waals surface area contributed by atoms with Gasteiger partial charge in [-0.05, 0) is 39.0 Å². The molecule has 1 aromatic carbocycles. The molecule has 0 radical (unpaired) electrons. The number of fused-ring (bicyclic) bond motifs is 2. The normalized spacial score (nSPS) is 18.7. The van der Waals surface area contributed by atoms with E-state index in [1.54, 1.807) is 32.9 Å². The zero-order valence-electron chi connectivity index (χ0n) is 22.1. The molecule has 0 spiro atoms. The number of dihydropyridines is 1. The first-order valence-corrected chi connectivity index (χ1v) is 12.7. The third-order valence-corrected chi connectivity index (χ3v) is 6.85. The van der Waals surface area contributed by atoms with E-state index in [9.17, 15) is 19.8 Å². The maximum atomic E-state index is 13.0. The lowest BCUT2D eigenvalue weighted by Gasteiger charge is -2.40. The number of phenols is 1. The molecule has 10 nitrogen and oxygen atoms in total. The van der Waals surface area contributed by atoms with Crippen molar-refractivity contribution in [1.82, 2.24) is 10.6 Å². The third kappa shape index (κ3) is 5.27. The Morgan fingerprint density at radius 3 is 2.82 bits per heavy atom. The van der Waals surface area contributed by atoms with E-state index in [1.165, 1.54) is 0 Å². The fourth-order valence-electron chi connectivity index (χ4n) is 4.71. The fraction of sp³-hybridized carbons (Fsp3) is 0.429. The Labute approximate surface area is 220 Å². The van der Waals surface area contributed by atoms with Crippen LogP contribution in [0, 0.1) is 0 Å². The van der Waals surface area contributed by atoms with Gasteiger partial charge in [-0.25, -0.2) is 4.79 Å². The van der Waals surface area contributed by atoms with Gasteiger partial charge in [0.15, 0.2) is 5.43 Å². The first-order chi connectivity index (χ1) is 18.1. The second-order valence-electron chi connectivity index (χ2n) is 9.91. The van der Waals surface area contributed by atoms with Crippen LogP contribution in [0.15, 0.2) is 50.5 Å². The second-order valence-corrected chi connectivity index (χ2v) is 9.91. The van der Waals surface area contributed by atoms with Gasteiger partial charge in [0.2, 0.25) is 0 Å². The first kappa shape index (κ1) is 27.3. The lowest BCUT2D eigenvalue weighted by molar-refractivity contribution is -0.156. The summed E-state index contributed by atoms with van der Waals surface area (Å²) in [6, 6.07) is 1.16. The Morgan fingerprint density at radius 1 is 1.39 bits per heavy atom. The van der Waals surface area contributed by atoms with Gasteiger partial charge in [-0.15, -0.1) is 0 Å². The highest BCUT2D eigenvalue weighted by molar-refractivity contribution is 5.91. The molecule has 10 heteroatoms. The molecule has 2 aliphatic rings. The summed E-state index contributed by atoms with van der Waals surface area (Å²) in [5, 5.41) is 27.1. The number of phenolic OH excluding ortho intramolecular Hbond substituents is 1. The van der Waals surface area contributed by atoms with Gasteiger partial charge in [0.1, 0.15) is 46.5 Å². The van der Waals surface area contributed by atoms with Crippen molar-refractivity contribution in [2.45, 2.75) is 58.8 Å². The Morgan fingerprint density at radius 2 is 2.16 bits per heavy atom. The highest BCUT2D eigenvalue weighted by atomic mass is 16.6. The molecule has 0 saturated carbocycles. The Kier molecular flexibility index (Phi) is 7.84. The van der Waals surface area contributed by atoms with Crippen LogP contribution in [-0.2, 0) is 29.0 Å². The van der Waals surface area contributed by atoms with Crippen molar-refractivity contribution in [2.24, 2.45) is 5.73 Å². The van der Waals surface area contributed by atoms with E-state index in [-0.39, 0.29) is 28.9 Å². The fourth-order valence-corrected chi connectivity index (χ4v) is 4.71. The van der Waals surface area contributed by atoms with Crippen LogP contribution in [0.4, 0.5) is 0 Å². The zero-order chi connectivity index (χ0) is 27.6. The number of aliphatic hydroxyl groups is 1.